The van der Waals surface area contributed by atoms with Gasteiger partial charge in [-0.05, 0) is 31.0 Å². The molecule has 92 valence electrons. The number of esters is 1. The highest BCUT2D eigenvalue weighted by molar-refractivity contribution is 6.00. The van der Waals surface area contributed by atoms with Gasteiger partial charge in [0.1, 0.15) is 6.42 Å². The Morgan fingerprint density at radius 1 is 1.39 bits per heavy atom. The molecule has 3 nitrogen and oxygen atoms in total. The van der Waals surface area contributed by atoms with Gasteiger partial charge < -0.3 is 4.74 Å². The molecule has 1 aliphatic carbocycles. The Hall–Kier alpha value is -2.08. The highest BCUT2D eigenvalue weighted by Gasteiger charge is 2.18. The Balaban J connectivity index is 2.07. The van der Waals surface area contributed by atoms with Crippen LogP contribution >= 0.6 is 0 Å². The van der Waals surface area contributed by atoms with E-state index >= 15 is 0 Å². The maximum absolute atomic E-state index is 11.6. The van der Waals surface area contributed by atoms with Crippen molar-refractivity contribution in [1.82, 2.24) is 0 Å². The van der Waals surface area contributed by atoms with Crippen molar-refractivity contribution in [1.29, 1.82) is 0 Å². The molecule has 0 spiro atoms. The van der Waals surface area contributed by atoms with Gasteiger partial charge in [-0.1, -0.05) is 17.9 Å². The van der Waals surface area contributed by atoms with Crippen molar-refractivity contribution in [2.45, 2.75) is 26.2 Å². The fourth-order valence-corrected chi connectivity index (χ4v) is 1.95. The van der Waals surface area contributed by atoms with Crippen LogP contribution in [0, 0.1) is 11.8 Å². The number of carbonyl (C=O) groups is 2. The van der Waals surface area contributed by atoms with E-state index in [9.17, 15) is 9.59 Å². The SMILES string of the molecule is CCOC(=O)CC#Cc1ccc2c(c1)C(=O)CC2. The van der Waals surface area contributed by atoms with Gasteiger partial charge in [0.25, 0.3) is 0 Å². The molecule has 1 aliphatic rings. The fourth-order valence-electron chi connectivity index (χ4n) is 1.95. The molecular formula is C15H14O3. The third-order valence-electron chi connectivity index (χ3n) is 2.80. The Bertz CT molecular complexity index is 547. The summed E-state index contributed by atoms with van der Waals surface area (Å²) in [5, 5.41) is 0. The van der Waals surface area contributed by atoms with E-state index in [4.69, 9.17) is 4.74 Å². The van der Waals surface area contributed by atoms with E-state index in [1.807, 2.05) is 18.2 Å². The zero-order chi connectivity index (χ0) is 13.0. The molecule has 0 saturated heterocycles. The van der Waals surface area contributed by atoms with Gasteiger partial charge in [-0.15, -0.1) is 0 Å². The molecule has 0 saturated carbocycles. The van der Waals surface area contributed by atoms with Crippen LogP contribution in [-0.2, 0) is 16.0 Å². The second-order valence-corrected chi connectivity index (χ2v) is 4.08. The molecular weight excluding hydrogens is 228 g/mol. The first-order chi connectivity index (χ1) is 8.70. The third kappa shape index (κ3) is 2.78. The molecule has 0 aliphatic heterocycles. The lowest BCUT2D eigenvalue weighted by molar-refractivity contribution is -0.141. The standard InChI is InChI=1S/C15H14O3/c1-2-18-15(17)5-3-4-11-6-7-12-8-9-14(16)13(12)10-11/h6-7,10H,2,5,8-9H2,1H3. The van der Waals surface area contributed by atoms with Gasteiger partial charge in [0.15, 0.2) is 5.78 Å². The first-order valence-corrected chi connectivity index (χ1v) is 6.01. The van der Waals surface area contributed by atoms with Crippen molar-refractivity contribution in [3.05, 3.63) is 34.9 Å². The van der Waals surface area contributed by atoms with Crippen LogP contribution in [-0.4, -0.2) is 18.4 Å². The van der Waals surface area contributed by atoms with Gasteiger partial charge in [0.2, 0.25) is 0 Å². The quantitative estimate of drug-likeness (QED) is 0.589. The van der Waals surface area contributed by atoms with Crippen LogP contribution in [0.1, 0.15) is 41.3 Å². The van der Waals surface area contributed by atoms with Gasteiger partial charge in [-0.3, -0.25) is 9.59 Å². The first-order valence-electron chi connectivity index (χ1n) is 6.01. The summed E-state index contributed by atoms with van der Waals surface area (Å²) in [6.45, 7) is 2.13. The summed E-state index contributed by atoms with van der Waals surface area (Å²) in [5.41, 5.74) is 2.64. The van der Waals surface area contributed by atoms with Crippen LogP contribution in [0.25, 0.3) is 0 Å². The Morgan fingerprint density at radius 3 is 3.00 bits per heavy atom. The number of Topliss-reactive ketones (excluding diaryl/α,β-unsaturated/α-hetero) is 1. The second kappa shape index (κ2) is 5.50. The minimum atomic E-state index is -0.317. The number of ether oxygens (including phenoxy) is 1. The lowest BCUT2D eigenvalue weighted by Crippen LogP contribution is -2.01. The summed E-state index contributed by atoms with van der Waals surface area (Å²) in [6, 6.07) is 5.63. The van der Waals surface area contributed by atoms with Crippen LogP contribution in [0.2, 0.25) is 0 Å². The van der Waals surface area contributed by atoms with Crippen LogP contribution in [0.5, 0.6) is 0 Å². The van der Waals surface area contributed by atoms with E-state index < -0.39 is 0 Å². The van der Waals surface area contributed by atoms with E-state index in [1.165, 1.54) is 0 Å². The normalized spacial score (nSPS) is 12.6. The van der Waals surface area contributed by atoms with Gasteiger partial charge in [0.05, 0.1) is 6.61 Å². The number of fused-ring (bicyclic) bond motifs is 1. The van der Waals surface area contributed by atoms with Crippen molar-refractivity contribution in [2.24, 2.45) is 0 Å². The number of rotatable bonds is 2. The van der Waals surface area contributed by atoms with Crippen LogP contribution in [0.3, 0.4) is 0 Å². The van der Waals surface area contributed by atoms with Crippen LogP contribution in [0.4, 0.5) is 0 Å². The Labute approximate surface area is 106 Å². The van der Waals surface area contributed by atoms with E-state index in [1.54, 1.807) is 6.92 Å². The summed E-state index contributed by atoms with van der Waals surface area (Å²) in [7, 11) is 0. The minimum absolute atomic E-state index is 0.0822. The monoisotopic (exact) mass is 242 g/mol. The van der Waals surface area contributed by atoms with Crippen molar-refractivity contribution in [3.8, 4) is 11.8 Å². The highest BCUT2D eigenvalue weighted by atomic mass is 16.5. The first kappa shape index (κ1) is 12.4. The maximum atomic E-state index is 11.6. The minimum Gasteiger partial charge on any atom is -0.465 e. The molecule has 0 amide bonds. The molecule has 0 aromatic heterocycles. The van der Waals surface area contributed by atoms with E-state index in [2.05, 4.69) is 11.8 Å². The molecule has 0 N–H and O–H groups in total. The highest BCUT2D eigenvalue weighted by Crippen LogP contribution is 2.22. The predicted octanol–water partition coefficient (Wildman–Crippen LogP) is 2.12. The number of ketones is 1. The molecule has 1 aromatic carbocycles. The van der Waals surface area contributed by atoms with Crippen molar-refractivity contribution in [2.75, 3.05) is 6.61 Å². The van der Waals surface area contributed by atoms with Gasteiger partial charge >= 0.3 is 5.97 Å². The summed E-state index contributed by atoms with van der Waals surface area (Å²) < 4.78 is 4.78. The average Bonchev–Trinajstić information content (AvgIpc) is 2.71. The van der Waals surface area contributed by atoms with Gasteiger partial charge in [0, 0.05) is 17.5 Å². The lowest BCUT2D eigenvalue weighted by atomic mass is 10.1. The van der Waals surface area contributed by atoms with Gasteiger partial charge in [-0.2, -0.15) is 0 Å². The van der Waals surface area contributed by atoms with Crippen molar-refractivity contribution < 1.29 is 14.3 Å². The third-order valence-corrected chi connectivity index (χ3v) is 2.80. The average molecular weight is 242 g/mol. The maximum Gasteiger partial charge on any atom is 0.317 e. The van der Waals surface area contributed by atoms with Crippen LogP contribution < -0.4 is 0 Å². The molecule has 0 bridgehead atoms. The topological polar surface area (TPSA) is 43.4 Å². The van der Waals surface area contributed by atoms with Crippen molar-refractivity contribution >= 4 is 11.8 Å². The van der Waals surface area contributed by atoms with Gasteiger partial charge in [-0.25, -0.2) is 0 Å². The molecule has 0 radical (unpaired) electrons. The molecule has 2 rings (SSSR count). The van der Waals surface area contributed by atoms with Crippen LogP contribution in [0.15, 0.2) is 18.2 Å². The number of hydrogen-bond donors (Lipinski definition) is 0. The Kier molecular flexibility index (Phi) is 3.78. The smallest absolute Gasteiger partial charge is 0.317 e. The molecule has 3 heteroatoms. The largest absolute Gasteiger partial charge is 0.465 e. The zero-order valence-corrected chi connectivity index (χ0v) is 10.3. The molecule has 0 atom stereocenters. The number of aryl methyl sites for hydroxylation is 1. The van der Waals surface area contributed by atoms with E-state index in [0.717, 1.165) is 23.1 Å². The Morgan fingerprint density at radius 2 is 2.22 bits per heavy atom. The predicted molar refractivity (Wildman–Crippen MR) is 67.2 cm³/mol. The van der Waals surface area contributed by atoms with E-state index in [-0.39, 0.29) is 18.2 Å². The molecule has 0 heterocycles. The molecule has 0 fully saturated rings. The number of carbonyl (C=O) groups excluding carboxylic acids is 2. The number of hydrogen-bond acceptors (Lipinski definition) is 3. The molecule has 1 aromatic rings. The number of benzene rings is 1. The van der Waals surface area contributed by atoms with Crippen molar-refractivity contribution in [3.63, 3.8) is 0 Å². The molecule has 0 unspecified atom stereocenters. The zero-order valence-electron chi connectivity index (χ0n) is 10.3. The summed E-state index contributed by atoms with van der Waals surface area (Å²) in [4.78, 5) is 22.7. The van der Waals surface area contributed by atoms with E-state index in [0.29, 0.717) is 13.0 Å². The summed E-state index contributed by atoms with van der Waals surface area (Å²) in [6.07, 6.45) is 1.50. The second-order valence-electron chi connectivity index (χ2n) is 4.08. The summed E-state index contributed by atoms with van der Waals surface area (Å²) in [5.74, 6) is 5.50. The fraction of sp³-hybridized carbons (Fsp3) is 0.333. The molecule has 18 heavy (non-hydrogen) atoms. The summed E-state index contributed by atoms with van der Waals surface area (Å²) >= 11 is 0. The lowest BCUT2D eigenvalue weighted by Gasteiger charge is -1.98.